The topological polar surface area (TPSA) is 41.5 Å². The molecule has 3 heteroatoms. The number of aliphatic hydroxyl groups excluding tert-OH is 1. The predicted molar refractivity (Wildman–Crippen MR) is 68.0 cm³/mol. The van der Waals surface area contributed by atoms with E-state index in [-0.39, 0.29) is 6.10 Å². The quantitative estimate of drug-likeness (QED) is 0.836. The lowest BCUT2D eigenvalue weighted by Crippen LogP contribution is -2.37. The third-order valence-corrected chi connectivity index (χ3v) is 3.38. The maximum Gasteiger partial charge on any atom is 0.0914 e. The van der Waals surface area contributed by atoms with Crippen molar-refractivity contribution in [2.45, 2.75) is 38.5 Å². The number of ether oxygens (including phenoxy) is 1. The van der Waals surface area contributed by atoms with Crippen molar-refractivity contribution in [1.82, 2.24) is 5.32 Å². The molecule has 0 bridgehead atoms. The fourth-order valence-corrected chi connectivity index (χ4v) is 2.26. The molecule has 2 rings (SSSR count). The molecule has 1 fully saturated rings. The summed E-state index contributed by atoms with van der Waals surface area (Å²) < 4.78 is 5.48. The van der Waals surface area contributed by atoms with Crippen molar-refractivity contribution in [3.8, 4) is 0 Å². The molecule has 3 unspecified atom stereocenters. The molecule has 3 nitrogen and oxygen atoms in total. The van der Waals surface area contributed by atoms with Crippen molar-refractivity contribution in [3.05, 3.63) is 35.4 Å². The van der Waals surface area contributed by atoms with Gasteiger partial charge in [0, 0.05) is 19.2 Å². The molecule has 94 valence electrons. The molecule has 1 aliphatic heterocycles. The van der Waals surface area contributed by atoms with Crippen molar-refractivity contribution < 1.29 is 9.84 Å². The van der Waals surface area contributed by atoms with Gasteiger partial charge in [-0.05, 0) is 25.8 Å². The summed E-state index contributed by atoms with van der Waals surface area (Å²) in [5, 5.41) is 13.5. The molecule has 0 radical (unpaired) electrons. The fourth-order valence-electron chi connectivity index (χ4n) is 2.26. The molecule has 2 N–H and O–H groups in total. The van der Waals surface area contributed by atoms with Crippen LogP contribution in [0.4, 0.5) is 0 Å². The summed E-state index contributed by atoms with van der Waals surface area (Å²) in [5.74, 6) is 0. The summed E-state index contributed by atoms with van der Waals surface area (Å²) >= 11 is 0. The molecule has 0 amide bonds. The van der Waals surface area contributed by atoms with Gasteiger partial charge in [-0.25, -0.2) is 0 Å². The monoisotopic (exact) mass is 235 g/mol. The molecule has 0 aliphatic carbocycles. The van der Waals surface area contributed by atoms with Crippen molar-refractivity contribution in [2.24, 2.45) is 0 Å². The SMILES string of the molecule is Cc1cccc(C(O)CNC2CCOC2C)c1. The van der Waals surface area contributed by atoms with E-state index in [0.29, 0.717) is 12.6 Å². The highest BCUT2D eigenvalue weighted by Crippen LogP contribution is 2.16. The molecule has 0 aromatic heterocycles. The second-order valence-corrected chi connectivity index (χ2v) is 4.81. The second-order valence-electron chi connectivity index (χ2n) is 4.81. The van der Waals surface area contributed by atoms with Crippen LogP contribution in [0.1, 0.15) is 30.6 Å². The molecule has 1 aromatic rings. The largest absolute Gasteiger partial charge is 0.387 e. The van der Waals surface area contributed by atoms with Gasteiger partial charge in [0.15, 0.2) is 0 Å². The van der Waals surface area contributed by atoms with Crippen molar-refractivity contribution >= 4 is 0 Å². The average Bonchev–Trinajstić information content (AvgIpc) is 2.72. The number of hydrogen-bond acceptors (Lipinski definition) is 3. The van der Waals surface area contributed by atoms with Gasteiger partial charge < -0.3 is 15.2 Å². The van der Waals surface area contributed by atoms with E-state index >= 15 is 0 Å². The molecule has 1 aromatic carbocycles. The Bertz CT molecular complexity index is 367. The first-order valence-electron chi connectivity index (χ1n) is 6.26. The van der Waals surface area contributed by atoms with Crippen LogP contribution in [0.25, 0.3) is 0 Å². The lowest BCUT2D eigenvalue weighted by molar-refractivity contribution is 0.107. The van der Waals surface area contributed by atoms with E-state index in [1.807, 2.05) is 31.2 Å². The van der Waals surface area contributed by atoms with E-state index in [1.165, 1.54) is 5.56 Å². The van der Waals surface area contributed by atoms with E-state index in [9.17, 15) is 5.11 Å². The fraction of sp³-hybridized carbons (Fsp3) is 0.571. The number of aryl methyl sites for hydroxylation is 1. The van der Waals surface area contributed by atoms with E-state index in [4.69, 9.17) is 4.74 Å². The summed E-state index contributed by atoms with van der Waals surface area (Å²) in [6.07, 6.45) is 0.837. The maximum atomic E-state index is 10.1. The lowest BCUT2D eigenvalue weighted by Gasteiger charge is -2.19. The van der Waals surface area contributed by atoms with Gasteiger partial charge in [0.1, 0.15) is 0 Å². The van der Waals surface area contributed by atoms with Crippen LogP contribution in [0.2, 0.25) is 0 Å². The van der Waals surface area contributed by atoms with Crippen molar-refractivity contribution in [1.29, 1.82) is 0 Å². The van der Waals surface area contributed by atoms with Gasteiger partial charge in [-0.15, -0.1) is 0 Å². The number of hydrogen-bond donors (Lipinski definition) is 2. The summed E-state index contributed by atoms with van der Waals surface area (Å²) in [5.41, 5.74) is 2.16. The Hall–Kier alpha value is -0.900. The number of rotatable bonds is 4. The standard InChI is InChI=1S/C14H21NO2/c1-10-4-3-5-12(8-10)14(16)9-15-13-6-7-17-11(13)2/h3-5,8,11,13-16H,6-7,9H2,1-2H3. The van der Waals surface area contributed by atoms with Crippen LogP contribution in [-0.4, -0.2) is 30.4 Å². The maximum absolute atomic E-state index is 10.1. The minimum Gasteiger partial charge on any atom is -0.387 e. The van der Waals surface area contributed by atoms with Crippen LogP contribution in [-0.2, 0) is 4.74 Å². The van der Waals surface area contributed by atoms with Gasteiger partial charge in [-0.3, -0.25) is 0 Å². The Morgan fingerprint density at radius 3 is 3.00 bits per heavy atom. The Balaban J connectivity index is 1.86. The highest BCUT2D eigenvalue weighted by atomic mass is 16.5. The molecule has 1 heterocycles. The zero-order chi connectivity index (χ0) is 12.3. The minimum atomic E-state index is -0.442. The van der Waals surface area contributed by atoms with E-state index in [0.717, 1.165) is 18.6 Å². The summed E-state index contributed by atoms with van der Waals surface area (Å²) in [4.78, 5) is 0. The van der Waals surface area contributed by atoms with Crippen LogP contribution in [0.15, 0.2) is 24.3 Å². The zero-order valence-corrected chi connectivity index (χ0v) is 10.5. The Labute approximate surface area is 103 Å². The molecular formula is C14H21NO2. The molecule has 0 saturated carbocycles. The number of nitrogens with one attached hydrogen (secondary N) is 1. The van der Waals surface area contributed by atoms with Crippen molar-refractivity contribution in [3.63, 3.8) is 0 Å². The van der Waals surface area contributed by atoms with Gasteiger partial charge in [-0.1, -0.05) is 29.8 Å². The first-order chi connectivity index (χ1) is 8.16. The number of aliphatic hydroxyl groups is 1. The van der Waals surface area contributed by atoms with Gasteiger partial charge in [0.25, 0.3) is 0 Å². The van der Waals surface area contributed by atoms with Gasteiger partial charge in [0.05, 0.1) is 12.2 Å². The van der Waals surface area contributed by atoms with Gasteiger partial charge in [0.2, 0.25) is 0 Å². The predicted octanol–water partition coefficient (Wildman–Crippen LogP) is 1.80. The smallest absolute Gasteiger partial charge is 0.0914 e. The first kappa shape index (κ1) is 12.6. The lowest BCUT2D eigenvalue weighted by atomic mass is 10.1. The van der Waals surface area contributed by atoms with Crippen LogP contribution < -0.4 is 5.32 Å². The second kappa shape index (κ2) is 5.63. The summed E-state index contributed by atoms with van der Waals surface area (Å²) in [7, 11) is 0. The highest BCUT2D eigenvalue weighted by Gasteiger charge is 2.24. The minimum absolute atomic E-state index is 0.250. The van der Waals surface area contributed by atoms with Gasteiger partial charge >= 0.3 is 0 Å². The van der Waals surface area contributed by atoms with Crippen LogP contribution in [0, 0.1) is 6.92 Å². The molecule has 17 heavy (non-hydrogen) atoms. The first-order valence-corrected chi connectivity index (χ1v) is 6.26. The van der Waals surface area contributed by atoms with Crippen LogP contribution in [0.3, 0.4) is 0 Å². The third-order valence-electron chi connectivity index (χ3n) is 3.38. The molecule has 1 aliphatic rings. The summed E-state index contributed by atoms with van der Waals surface area (Å²) in [6, 6.07) is 8.38. The Kier molecular flexibility index (Phi) is 4.15. The molecule has 1 saturated heterocycles. The van der Waals surface area contributed by atoms with E-state index in [2.05, 4.69) is 12.2 Å². The van der Waals surface area contributed by atoms with Gasteiger partial charge in [-0.2, -0.15) is 0 Å². The average molecular weight is 235 g/mol. The normalized spacial score (nSPS) is 26.1. The van der Waals surface area contributed by atoms with E-state index < -0.39 is 6.10 Å². The highest BCUT2D eigenvalue weighted by molar-refractivity contribution is 5.24. The molecule has 3 atom stereocenters. The summed E-state index contributed by atoms with van der Waals surface area (Å²) in [6.45, 7) is 5.52. The van der Waals surface area contributed by atoms with Crippen LogP contribution >= 0.6 is 0 Å². The van der Waals surface area contributed by atoms with E-state index in [1.54, 1.807) is 0 Å². The zero-order valence-electron chi connectivity index (χ0n) is 10.5. The third kappa shape index (κ3) is 3.28. The Morgan fingerprint density at radius 2 is 2.35 bits per heavy atom. The Morgan fingerprint density at radius 1 is 1.53 bits per heavy atom. The van der Waals surface area contributed by atoms with Crippen molar-refractivity contribution in [2.75, 3.05) is 13.2 Å². The molecular weight excluding hydrogens is 214 g/mol. The van der Waals surface area contributed by atoms with Crippen LogP contribution in [0.5, 0.6) is 0 Å². The number of benzene rings is 1. The molecule has 0 spiro atoms.